The topological polar surface area (TPSA) is 12.2 Å². The van der Waals surface area contributed by atoms with Crippen LogP contribution in [-0.2, 0) is 4.74 Å². The Morgan fingerprint density at radius 3 is 2.83 bits per heavy atom. The van der Waals surface area contributed by atoms with Gasteiger partial charge in [-0.05, 0) is 26.2 Å². The smallest absolute Gasteiger partial charge is 0.179 e. The van der Waals surface area contributed by atoms with E-state index in [1.807, 2.05) is 0 Å². The summed E-state index contributed by atoms with van der Waals surface area (Å²) in [5.41, 5.74) is 1.52. The van der Waals surface area contributed by atoms with Gasteiger partial charge in [0.05, 0.1) is 6.61 Å². The Morgan fingerprint density at radius 2 is 2.06 bits per heavy atom. The normalized spacial score (nSPS) is 20.6. The average molecular weight is 248 g/mol. The summed E-state index contributed by atoms with van der Waals surface area (Å²) in [7, 11) is 0. The van der Waals surface area contributed by atoms with Gasteiger partial charge in [-0.15, -0.1) is 0 Å². The van der Waals surface area contributed by atoms with Gasteiger partial charge in [0.2, 0.25) is 0 Å². The minimum absolute atomic E-state index is 0.865. The standard InChI is InChI=1S/C16H26NO/c1-2-3-4-7-13-18-16-10-8-9-15(14-16)17-11-5-6-12-17/h2-3,14H,4-13H2,1H3/q+1/b3-2+. The second-order valence-corrected chi connectivity index (χ2v) is 5.21. The van der Waals surface area contributed by atoms with E-state index in [0.717, 1.165) is 25.9 Å². The van der Waals surface area contributed by atoms with Crippen molar-refractivity contribution in [2.75, 3.05) is 19.7 Å². The Bertz CT molecular complexity index is 344. The van der Waals surface area contributed by atoms with Gasteiger partial charge in [0.15, 0.2) is 5.71 Å². The largest absolute Gasteiger partial charge is 0.498 e. The van der Waals surface area contributed by atoms with Crippen molar-refractivity contribution < 1.29 is 9.31 Å². The monoisotopic (exact) mass is 248 g/mol. The van der Waals surface area contributed by atoms with Crippen molar-refractivity contribution in [1.29, 1.82) is 0 Å². The molecule has 2 aliphatic rings. The molecule has 0 radical (unpaired) electrons. The molecule has 0 N–H and O–H groups in total. The molecule has 1 heterocycles. The number of ether oxygens (including phenoxy) is 1. The van der Waals surface area contributed by atoms with Crippen LogP contribution in [0, 0.1) is 0 Å². The highest BCUT2D eigenvalue weighted by Crippen LogP contribution is 2.19. The Kier molecular flexibility index (Phi) is 5.50. The third kappa shape index (κ3) is 4.01. The first-order valence-corrected chi connectivity index (χ1v) is 7.45. The van der Waals surface area contributed by atoms with Gasteiger partial charge in [-0.3, -0.25) is 0 Å². The molecule has 0 atom stereocenters. The molecule has 0 bridgehead atoms. The average Bonchev–Trinajstić information content (AvgIpc) is 2.93. The van der Waals surface area contributed by atoms with Crippen molar-refractivity contribution in [3.63, 3.8) is 0 Å². The van der Waals surface area contributed by atoms with E-state index in [9.17, 15) is 0 Å². The van der Waals surface area contributed by atoms with Crippen LogP contribution in [0.4, 0.5) is 0 Å². The van der Waals surface area contributed by atoms with E-state index in [0.29, 0.717) is 0 Å². The fourth-order valence-electron chi connectivity index (χ4n) is 2.71. The van der Waals surface area contributed by atoms with Crippen LogP contribution < -0.4 is 0 Å². The molecule has 0 aromatic rings. The highest BCUT2D eigenvalue weighted by Gasteiger charge is 2.21. The summed E-state index contributed by atoms with van der Waals surface area (Å²) in [6.07, 6.45) is 15.2. The fraction of sp³-hybridized carbons (Fsp3) is 0.688. The van der Waals surface area contributed by atoms with E-state index in [1.165, 1.54) is 50.2 Å². The minimum Gasteiger partial charge on any atom is -0.498 e. The number of unbranched alkanes of at least 4 members (excludes halogenated alkanes) is 1. The molecular weight excluding hydrogens is 222 g/mol. The van der Waals surface area contributed by atoms with Crippen molar-refractivity contribution in [3.05, 3.63) is 24.0 Å². The summed E-state index contributed by atoms with van der Waals surface area (Å²) < 4.78 is 8.44. The predicted molar refractivity (Wildman–Crippen MR) is 76.2 cm³/mol. The molecule has 1 saturated heterocycles. The summed E-state index contributed by atoms with van der Waals surface area (Å²) >= 11 is 0. The van der Waals surface area contributed by atoms with Gasteiger partial charge in [-0.2, -0.15) is 0 Å². The first-order chi connectivity index (χ1) is 8.90. The van der Waals surface area contributed by atoms with Gasteiger partial charge >= 0.3 is 0 Å². The molecule has 0 saturated carbocycles. The molecule has 2 rings (SSSR count). The summed E-state index contributed by atoms with van der Waals surface area (Å²) in [5.74, 6) is 1.21. The molecule has 0 aromatic carbocycles. The third-order valence-electron chi connectivity index (χ3n) is 3.73. The van der Waals surface area contributed by atoms with E-state index in [1.54, 1.807) is 0 Å². The number of hydrogen-bond acceptors (Lipinski definition) is 1. The Balaban J connectivity index is 1.82. The number of rotatable bonds is 5. The predicted octanol–water partition coefficient (Wildman–Crippen LogP) is 3.67. The molecule has 0 amide bonds. The molecule has 1 fully saturated rings. The summed E-state index contributed by atoms with van der Waals surface area (Å²) in [4.78, 5) is 0. The summed E-state index contributed by atoms with van der Waals surface area (Å²) in [6, 6.07) is 0. The van der Waals surface area contributed by atoms with E-state index in [4.69, 9.17) is 4.74 Å². The molecule has 1 aliphatic carbocycles. The van der Waals surface area contributed by atoms with Crippen LogP contribution in [0.3, 0.4) is 0 Å². The lowest BCUT2D eigenvalue weighted by Crippen LogP contribution is -2.19. The van der Waals surface area contributed by atoms with Crippen LogP contribution in [0.2, 0.25) is 0 Å². The van der Waals surface area contributed by atoms with Gasteiger partial charge in [-0.25, -0.2) is 4.58 Å². The second kappa shape index (κ2) is 7.40. The highest BCUT2D eigenvalue weighted by molar-refractivity contribution is 5.92. The zero-order chi connectivity index (χ0) is 12.6. The molecule has 0 spiro atoms. The van der Waals surface area contributed by atoms with Crippen LogP contribution in [0.5, 0.6) is 0 Å². The quantitative estimate of drug-likeness (QED) is 0.411. The second-order valence-electron chi connectivity index (χ2n) is 5.21. The third-order valence-corrected chi connectivity index (χ3v) is 3.73. The lowest BCUT2D eigenvalue weighted by molar-refractivity contribution is -0.506. The van der Waals surface area contributed by atoms with Crippen molar-refractivity contribution in [2.45, 2.75) is 51.9 Å². The summed E-state index contributed by atoms with van der Waals surface area (Å²) in [5, 5.41) is 0. The first kappa shape index (κ1) is 13.4. The maximum Gasteiger partial charge on any atom is 0.179 e. The van der Waals surface area contributed by atoms with Crippen molar-refractivity contribution >= 4 is 5.71 Å². The van der Waals surface area contributed by atoms with Gasteiger partial charge in [0.1, 0.15) is 18.8 Å². The van der Waals surface area contributed by atoms with Gasteiger partial charge < -0.3 is 4.74 Å². The number of allylic oxidation sites excluding steroid dienone is 4. The van der Waals surface area contributed by atoms with Crippen LogP contribution in [-0.4, -0.2) is 30.0 Å². The molecular formula is C16H26NO+. The van der Waals surface area contributed by atoms with Crippen LogP contribution in [0.25, 0.3) is 0 Å². The Labute approximate surface area is 111 Å². The Morgan fingerprint density at radius 1 is 1.22 bits per heavy atom. The maximum atomic E-state index is 5.90. The zero-order valence-corrected chi connectivity index (χ0v) is 11.7. The van der Waals surface area contributed by atoms with Crippen LogP contribution in [0.1, 0.15) is 51.9 Å². The molecule has 1 aliphatic heterocycles. The zero-order valence-electron chi connectivity index (χ0n) is 11.7. The van der Waals surface area contributed by atoms with Crippen molar-refractivity contribution in [2.24, 2.45) is 0 Å². The van der Waals surface area contributed by atoms with Crippen LogP contribution >= 0.6 is 0 Å². The van der Waals surface area contributed by atoms with Crippen molar-refractivity contribution in [3.8, 4) is 0 Å². The van der Waals surface area contributed by atoms with Crippen LogP contribution in [0.15, 0.2) is 24.0 Å². The maximum absolute atomic E-state index is 5.90. The van der Waals surface area contributed by atoms with Gasteiger partial charge in [-0.1, -0.05) is 12.2 Å². The van der Waals surface area contributed by atoms with E-state index in [2.05, 4.69) is 29.7 Å². The summed E-state index contributed by atoms with van der Waals surface area (Å²) in [6.45, 7) is 5.44. The molecule has 2 heteroatoms. The lowest BCUT2D eigenvalue weighted by atomic mass is 10.0. The number of nitrogens with zero attached hydrogens (tertiary/aromatic N) is 1. The Hall–Kier alpha value is -1.05. The first-order valence-electron chi connectivity index (χ1n) is 7.45. The van der Waals surface area contributed by atoms with Crippen molar-refractivity contribution in [1.82, 2.24) is 0 Å². The molecule has 100 valence electrons. The van der Waals surface area contributed by atoms with Gasteiger partial charge in [0, 0.05) is 31.8 Å². The molecule has 18 heavy (non-hydrogen) atoms. The SMILES string of the molecule is C/C=C/CCCOC1=CC(=[N+]2CCCC2)CCC1. The molecule has 0 unspecified atom stereocenters. The van der Waals surface area contributed by atoms with E-state index < -0.39 is 0 Å². The number of hydrogen-bond donors (Lipinski definition) is 0. The van der Waals surface area contributed by atoms with Gasteiger partial charge in [0.25, 0.3) is 0 Å². The molecule has 2 nitrogen and oxygen atoms in total. The van der Waals surface area contributed by atoms with E-state index in [-0.39, 0.29) is 0 Å². The highest BCUT2D eigenvalue weighted by atomic mass is 16.5. The minimum atomic E-state index is 0.865. The van der Waals surface area contributed by atoms with E-state index >= 15 is 0 Å². The lowest BCUT2D eigenvalue weighted by Gasteiger charge is -2.14. The fourth-order valence-corrected chi connectivity index (χ4v) is 2.71. The molecule has 0 aromatic heterocycles.